The molecule has 8 nitrogen and oxygen atoms in total. The van der Waals surface area contributed by atoms with E-state index in [1.807, 2.05) is 14.2 Å². The van der Waals surface area contributed by atoms with E-state index in [1.54, 1.807) is 42.7 Å². The first-order chi connectivity index (χ1) is 18.5. The Balaban J connectivity index is 1.70. The lowest BCUT2D eigenvalue weighted by molar-refractivity contribution is -0.136. The molecule has 0 amide bonds. The van der Waals surface area contributed by atoms with Crippen molar-refractivity contribution in [1.29, 1.82) is 0 Å². The number of allylic oxidation sites excluding steroid dienone is 2. The van der Waals surface area contributed by atoms with Crippen molar-refractivity contribution >= 4 is 0 Å². The molecule has 8 heteroatoms. The van der Waals surface area contributed by atoms with Gasteiger partial charge in [0.2, 0.25) is 0 Å². The van der Waals surface area contributed by atoms with Crippen LogP contribution in [0.3, 0.4) is 0 Å². The van der Waals surface area contributed by atoms with Gasteiger partial charge >= 0.3 is 0 Å². The van der Waals surface area contributed by atoms with E-state index < -0.39 is 0 Å². The molecule has 8 unspecified atom stereocenters. The van der Waals surface area contributed by atoms with Crippen LogP contribution in [0.4, 0.5) is 0 Å². The molecule has 0 aromatic rings. The van der Waals surface area contributed by atoms with E-state index in [2.05, 4.69) is 24.3 Å². The first kappa shape index (κ1) is 31.7. The molecule has 38 heavy (non-hydrogen) atoms. The second-order valence-corrected chi connectivity index (χ2v) is 11.1. The number of rotatable bonds is 12. The Morgan fingerprint density at radius 3 is 0.921 bits per heavy atom. The summed E-state index contributed by atoms with van der Waals surface area (Å²) in [6.07, 6.45) is 15.2. The van der Waals surface area contributed by atoms with Crippen molar-refractivity contribution in [2.24, 2.45) is 23.7 Å². The number of hydrogen-bond donors (Lipinski definition) is 0. The molecule has 3 fully saturated rings. The molecular weight excluding hydrogens is 488 g/mol. The first-order valence-electron chi connectivity index (χ1n) is 14.1. The minimum atomic E-state index is -0.0394. The lowest BCUT2D eigenvalue weighted by atomic mass is 9.75. The van der Waals surface area contributed by atoms with Crippen molar-refractivity contribution in [3.05, 3.63) is 24.3 Å². The molecule has 8 atom stereocenters. The zero-order valence-electron chi connectivity index (χ0n) is 24.7. The Bertz CT molecular complexity index is 643. The standard InChI is InChI=1S/C30H52O8/c1-31-23-18-24(32-2)22(12-10-20-15-27(35-5)30(38-8)28(16-20)36-6)17-21(23)11-9-19-13-25(33-3)29(37-7)26(14-19)34-4/h9-12,19-30H,13-18H2,1-8H3/b11-9+,12-10+. The fourth-order valence-electron chi connectivity index (χ4n) is 6.99. The Labute approximate surface area is 230 Å². The van der Waals surface area contributed by atoms with E-state index >= 15 is 0 Å². The average Bonchev–Trinajstić information content (AvgIpc) is 2.97. The third kappa shape index (κ3) is 7.67. The number of methoxy groups -OCH3 is 8. The maximum Gasteiger partial charge on any atom is 0.109 e. The summed E-state index contributed by atoms with van der Waals surface area (Å²) in [5, 5.41) is 0. The van der Waals surface area contributed by atoms with E-state index in [-0.39, 0.29) is 48.8 Å². The zero-order valence-corrected chi connectivity index (χ0v) is 24.7. The van der Waals surface area contributed by atoms with Gasteiger partial charge in [-0.2, -0.15) is 0 Å². The predicted molar refractivity (Wildman–Crippen MR) is 146 cm³/mol. The molecule has 0 spiro atoms. The summed E-state index contributed by atoms with van der Waals surface area (Å²) < 4.78 is 46.3. The summed E-state index contributed by atoms with van der Waals surface area (Å²) in [7, 11) is 14.1. The maximum atomic E-state index is 5.95. The SMILES string of the molecule is COC1CC(OC)C(/C=C/C2CC(OC)C(OC)C(OC)C2)CC1/C=C/C1CC(OC)C(OC)C(OC)C1. The van der Waals surface area contributed by atoms with E-state index in [1.165, 1.54) is 0 Å². The van der Waals surface area contributed by atoms with Gasteiger partial charge in [0.1, 0.15) is 12.2 Å². The minimum absolute atomic E-state index is 0.0199. The van der Waals surface area contributed by atoms with Crippen molar-refractivity contribution < 1.29 is 37.9 Å². The van der Waals surface area contributed by atoms with Crippen molar-refractivity contribution in [2.45, 2.75) is 87.4 Å². The summed E-state index contributed by atoms with van der Waals surface area (Å²) in [5.41, 5.74) is 0. The fourth-order valence-corrected chi connectivity index (χ4v) is 6.99. The Hall–Kier alpha value is -0.840. The van der Waals surface area contributed by atoms with Gasteiger partial charge in [0.05, 0.1) is 36.6 Å². The molecule has 0 saturated heterocycles. The van der Waals surface area contributed by atoms with Crippen LogP contribution in [-0.4, -0.2) is 106 Å². The molecule has 0 heterocycles. The quantitative estimate of drug-likeness (QED) is 0.343. The van der Waals surface area contributed by atoms with E-state index in [0.717, 1.165) is 38.5 Å². The molecule has 220 valence electrons. The molecule has 0 bridgehead atoms. The van der Waals surface area contributed by atoms with Crippen LogP contribution in [-0.2, 0) is 37.9 Å². The summed E-state index contributed by atoms with van der Waals surface area (Å²) >= 11 is 0. The van der Waals surface area contributed by atoms with Crippen LogP contribution in [0.2, 0.25) is 0 Å². The molecule has 0 aromatic heterocycles. The van der Waals surface area contributed by atoms with Crippen LogP contribution in [0.25, 0.3) is 0 Å². The van der Waals surface area contributed by atoms with E-state index in [4.69, 9.17) is 37.9 Å². The highest BCUT2D eigenvalue weighted by Gasteiger charge is 2.40. The number of hydrogen-bond acceptors (Lipinski definition) is 8. The third-order valence-corrected chi connectivity index (χ3v) is 9.19. The van der Waals surface area contributed by atoms with Gasteiger partial charge in [0, 0.05) is 75.1 Å². The maximum absolute atomic E-state index is 5.95. The molecule has 0 N–H and O–H groups in total. The summed E-state index contributed by atoms with van der Waals surface area (Å²) in [6, 6.07) is 0. The molecule has 3 saturated carbocycles. The van der Waals surface area contributed by atoms with Gasteiger partial charge in [-0.3, -0.25) is 0 Å². The predicted octanol–water partition coefficient (Wildman–Crippen LogP) is 4.07. The topological polar surface area (TPSA) is 73.8 Å². The van der Waals surface area contributed by atoms with Crippen LogP contribution in [0, 0.1) is 23.7 Å². The summed E-state index contributed by atoms with van der Waals surface area (Å²) in [6.45, 7) is 0. The highest BCUT2D eigenvalue weighted by atomic mass is 16.6. The Kier molecular flexibility index (Phi) is 13.2. The highest BCUT2D eigenvalue weighted by molar-refractivity contribution is 5.08. The smallest absolute Gasteiger partial charge is 0.109 e. The van der Waals surface area contributed by atoms with Gasteiger partial charge < -0.3 is 37.9 Å². The van der Waals surface area contributed by atoms with Crippen molar-refractivity contribution in [3.8, 4) is 0 Å². The fraction of sp³-hybridized carbons (Fsp3) is 0.867. The minimum Gasteiger partial charge on any atom is -0.381 e. The van der Waals surface area contributed by atoms with E-state index in [9.17, 15) is 0 Å². The average molecular weight is 541 g/mol. The van der Waals surface area contributed by atoms with Gasteiger partial charge in [0.15, 0.2) is 0 Å². The van der Waals surface area contributed by atoms with Crippen LogP contribution in [0.5, 0.6) is 0 Å². The van der Waals surface area contributed by atoms with E-state index in [0.29, 0.717) is 23.7 Å². The van der Waals surface area contributed by atoms with Crippen LogP contribution in [0.15, 0.2) is 24.3 Å². The molecule has 3 aliphatic carbocycles. The van der Waals surface area contributed by atoms with Crippen LogP contribution >= 0.6 is 0 Å². The zero-order chi connectivity index (χ0) is 27.7. The molecular formula is C30H52O8. The largest absolute Gasteiger partial charge is 0.381 e. The van der Waals surface area contributed by atoms with Gasteiger partial charge in [-0.25, -0.2) is 0 Å². The lowest BCUT2D eigenvalue weighted by Crippen LogP contribution is -2.47. The van der Waals surface area contributed by atoms with Gasteiger partial charge in [0.25, 0.3) is 0 Å². The Morgan fingerprint density at radius 1 is 0.342 bits per heavy atom. The van der Waals surface area contributed by atoms with Crippen LogP contribution in [0.1, 0.15) is 38.5 Å². The molecule has 3 rings (SSSR count). The van der Waals surface area contributed by atoms with Gasteiger partial charge in [-0.15, -0.1) is 0 Å². The Morgan fingerprint density at radius 2 is 0.658 bits per heavy atom. The summed E-state index contributed by atoms with van der Waals surface area (Å²) in [5.74, 6) is 1.36. The van der Waals surface area contributed by atoms with Crippen molar-refractivity contribution in [3.63, 3.8) is 0 Å². The first-order valence-corrected chi connectivity index (χ1v) is 14.1. The number of ether oxygens (including phenoxy) is 8. The monoisotopic (exact) mass is 540 g/mol. The highest BCUT2D eigenvalue weighted by Crippen LogP contribution is 2.38. The molecule has 3 aliphatic rings. The van der Waals surface area contributed by atoms with Crippen LogP contribution < -0.4 is 0 Å². The van der Waals surface area contributed by atoms with Gasteiger partial charge in [-0.05, 0) is 43.9 Å². The second-order valence-electron chi connectivity index (χ2n) is 11.1. The van der Waals surface area contributed by atoms with Crippen molar-refractivity contribution in [1.82, 2.24) is 0 Å². The summed E-state index contributed by atoms with van der Waals surface area (Å²) in [4.78, 5) is 0. The molecule has 0 radical (unpaired) electrons. The normalized spacial score (nSPS) is 42.7. The third-order valence-electron chi connectivity index (χ3n) is 9.19. The molecule has 0 aliphatic heterocycles. The van der Waals surface area contributed by atoms with Crippen molar-refractivity contribution in [2.75, 3.05) is 56.9 Å². The second kappa shape index (κ2) is 15.8. The van der Waals surface area contributed by atoms with Gasteiger partial charge in [-0.1, -0.05) is 24.3 Å². The molecule has 0 aromatic carbocycles. The lowest BCUT2D eigenvalue weighted by Gasteiger charge is -2.40.